The molecule has 2 aliphatic heterocycles. The van der Waals surface area contributed by atoms with Crippen molar-refractivity contribution >= 4 is 51.1 Å². The Morgan fingerprint density at radius 2 is 1.51 bits per heavy atom. The second-order valence-corrected chi connectivity index (χ2v) is 12.4. The van der Waals surface area contributed by atoms with Crippen molar-refractivity contribution in [3.8, 4) is 0 Å². The number of carboxylic acids is 2. The number of aliphatic carboxylic acids is 2. The maximum absolute atomic E-state index is 12.8. The predicted molar refractivity (Wildman–Crippen MR) is 183 cm³/mol. The first kappa shape index (κ1) is 33.6. The fraction of sp³-hybridized carbons (Fsp3) is 0.417. The molecular weight excluding hydrogens is 596 g/mol. The summed E-state index contributed by atoms with van der Waals surface area (Å²) >= 11 is 0. The number of allylic oxidation sites excluding steroid dienone is 1. The molecule has 0 unspecified atom stereocenters. The molecule has 11 heteroatoms. The van der Waals surface area contributed by atoms with Gasteiger partial charge in [-0.1, -0.05) is 20.8 Å². The highest BCUT2D eigenvalue weighted by molar-refractivity contribution is 6.24. The standard InChI is InChI=1S/C36H44N6O5/c1-7-21-17(3)25-14-27-19(5)23(9-10-31(43)38-12-11-37)34(41-27)24(13-32(44)45)35-33(36(46)47)20(6)28(42-35)16-30-22(8-2)18(4)26(40-30)15-29(21)39-25/h14-16,19,23,39-40H,7-13,37H2,1-6H3,(H,38,43)(H,44,45)(H,46,47)/t19-,23-/m0/s1. The minimum Gasteiger partial charge on any atom is -0.481 e. The summed E-state index contributed by atoms with van der Waals surface area (Å²) in [4.78, 5) is 54.9. The second kappa shape index (κ2) is 13.5. The van der Waals surface area contributed by atoms with E-state index in [1.807, 2.05) is 19.1 Å². The Hall–Kier alpha value is -4.77. The van der Waals surface area contributed by atoms with Crippen molar-refractivity contribution in [3.05, 3.63) is 68.8 Å². The molecule has 0 spiro atoms. The Bertz CT molecular complexity index is 1970. The molecule has 1 amide bonds. The molecule has 47 heavy (non-hydrogen) atoms. The van der Waals surface area contributed by atoms with E-state index in [-0.39, 0.29) is 41.0 Å². The Labute approximate surface area is 273 Å². The van der Waals surface area contributed by atoms with E-state index in [0.717, 1.165) is 57.3 Å². The van der Waals surface area contributed by atoms with Crippen LogP contribution in [0.15, 0.2) is 18.2 Å². The van der Waals surface area contributed by atoms with Crippen LogP contribution < -0.4 is 11.1 Å². The molecule has 2 atom stereocenters. The van der Waals surface area contributed by atoms with E-state index >= 15 is 0 Å². The lowest BCUT2D eigenvalue weighted by molar-refractivity contribution is -0.136. The van der Waals surface area contributed by atoms with Crippen LogP contribution in [0.3, 0.4) is 0 Å². The molecule has 11 nitrogen and oxygen atoms in total. The molecule has 0 aromatic carbocycles. The maximum atomic E-state index is 12.8. The molecule has 7 N–H and O–H groups in total. The predicted octanol–water partition coefficient (Wildman–Crippen LogP) is 5.44. The molecule has 0 radical (unpaired) electrons. The van der Waals surface area contributed by atoms with Gasteiger partial charge in [-0.3, -0.25) is 14.6 Å². The first-order valence-electron chi connectivity index (χ1n) is 16.3. The zero-order chi connectivity index (χ0) is 34.2. The van der Waals surface area contributed by atoms with Gasteiger partial charge in [-0.25, -0.2) is 9.78 Å². The number of fused-ring (bicyclic) bond motifs is 8. The van der Waals surface area contributed by atoms with Gasteiger partial charge in [0.1, 0.15) is 0 Å². The topological polar surface area (TPSA) is 187 Å². The summed E-state index contributed by atoms with van der Waals surface area (Å²) in [6, 6.07) is 5.98. The molecule has 8 bridgehead atoms. The zero-order valence-corrected chi connectivity index (χ0v) is 27.9. The quantitative estimate of drug-likeness (QED) is 0.169. The number of H-pyrrole nitrogens is 2. The van der Waals surface area contributed by atoms with E-state index in [1.54, 1.807) is 6.92 Å². The Morgan fingerprint density at radius 3 is 2.09 bits per heavy atom. The Kier molecular flexibility index (Phi) is 9.67. The average molecular weight is 641 g/mol. The number of nitrogens with one attached hydrogen (secondary N) is 3. The van der Waals surface area contributed by atoms with Crippen LogP contribution in [0.5, 0.6) is 0 Å². The Morgan fingerprint density at radius 1 is 0.894 bits per heavy atom. The summed E-state index contributed by atoms with van der Waals surface area (Å²) in [5.41, 5.74) is 16.0. The number of carboxylic acid groups (broad SMARTS) is 2. The SMILES string of the molecule is CCc1c(C)c2cc3[nH]c(cc4nc(c(CC(=O)O)c5nc(cc1[nH]2)C(C)=C5C(=O)O)[C@@H](CCC(=O)NCCN)[C@@H]4C)c(C)c3CC. The highest BCUT2D eigenvalue weighted by Crippen LogP contribution is 2.43. The number of nitrogens with two attached hydrogens (primary N) is 1. The van der Waals surface area contributed by atoms with Crippen LogP contribution in [-0.2, 0) is 33.6 Å². The number of aryl methyl sites for hydroxylation is 4. The van der Waals surface area contributed by atoms with Crippen LogP contribution in [0.4, 0.5) is 0 Å². The first-order chi connectivity index (χ1) is 22.4. The molecule has 2 aliphatic rings. The average Bonchev–Trinajstić information content (AvgIpc) is 3.70. The van der Waals surface area contributed by atoms with Crippen molar-refractivity contribution in [1.29, 1.82) is 0 Å². The van der Waals surface area contributed by atoms with Gasteiger partial charge < -0.3 is 31.2 Å². The molecule has 3 aromatic heterocycles. The third-order valence-electron chi connectivity index (χ3n) is 9.66. The third kappa shape index (κ3) is 6.32. The molecule has 248 valence electrons. The lowest BCUT2D eigenvalue weighted by Gasteiger charge is -2.18. The highest BCUT2D eigenvalue weighted by atomic mass is 16.4. The molecule has 5 rings (SSSR count). The van der Waals surface area contributed by atoms with Gasteiger partial charge in [0.2, 0.25) is 5.91 Å². The van der Waals surface area contributed by atoms with Gasteiger partial charge in [0.25, 0.3) is 0 Å². The molecule has 0 saturated heterocycles. The van der Waals surface area contributed by atoms with E-state index in [2.05, 4.69) is 49.0 Å². The molecule has 0 fully saturated rings. The minimum absolute atomic E-state index is 0.0471. The van der Waals surface area contributed by atoms with Gasteiger partial charge in [-0.05, 0) is 86.1 Å². The second-order valence-electron chi connectivity index (χ2n) is 12.4. The van der Waals surface area contributed by atoms with Gasteiger partial charge in [-0.15, -0.1) is 0 Å². The smallest absolute Gasteiger partial charge is 0.338 e. The van der Waals surface area contributed by atoms with Crippen molar-refractivity contribution in [3.63, 3.8) is 0 Å². The maximum Gasteiger partial charge on any atom is 0.338 e. The Balaban J connectivity index is 1.94. The summed E-state index contributed by atoms with van der Waals surface area (Å²) < 4.78 is 0. The van der Waals surface area contributed by atoms with Crippen molar-refractivity contribution in [1.82, 2.24) is 25.3 Å². The third-order valence-corrected chi connectivity index (χ3v) is 9.66. The molecule has 5 heterocycles. The fourth-order valence-corrected chi connectivity index (χ4v) is 7.06. The van der Waals surface area contributed by atoms with Crippen molar-refractivity contribution in [2.75, 3.05) is 13.1 Å². The zero-order valence-electron chi connectivity index (χ0n) is 27.9. The van der Waals surface area contributed by atoms with Gasteiger partial charge in [0, 0.05) is 64.7 Å². The normalized spacial score (nSPS) is 16.1. The van der Waals surface area contributed by atoms with Gasteiger partial charge in [0.15, 0.2) is 0 Å². The van der Waals surface area contributed by atoms with Gasteiger partial charge >= 0.3 is 11.9 Å². The first-order valence-corrected chi connectivity index (χ1v) is 16.3. The number of hydrogen-bond donors (Lipinski definition) is 6. The summed E-state index contributed by atoms with van der Waals surface area (Å²) in [6.45, 7) is 12.7. The van der Waals surface area contributed by atoms with Gasteiger partial charge in [-0.2, -0.15) is 0 Å². The lowest BCUT2D eigenvalue weighted by Crippen LogP contribution is -2.29. The summed E-state index contributed by atoms with van der Waals surface area (Å²) in [5, 5.41) is 23.4. The summed E-state index contributed by atoms with van der Waals surface area (Å²) in [6.07, 6.45) is 1.64. The molecule has 3 aromatic rings. The van der Waals surface area contributed by atoms with Gasteiger partial charge in [0.05, 0.1) is 29.1 Å². The van der Waals surface area contributed by atoms with E-state index in [0.29, 0.717) is 36.5 Å². The van der Waals surface area contributed by atoms with Crippen LogP contribution in [0.1, 0.15) is 103 Å². The minimum atomic E-state index is -1.20. The van der Waals surface area contributed by atoms with Crippen molar-refractivity contribution in [2.24, 2.45) is 5.73 Å². The molecule has 0 aliphatic carbocycles. The largest absolute Gasteiger partial charge is 0.481 e. The molecular formula is C36H44N6O5. The van der Waals surface area contributed by atoms with Crippen LogP contribution in [-0.4, -0.2) is 61.1 Å². The number of carbonyl (C=O) groups is 3. The van der Waals surface area contributed by atoms with Crippen LogP contribution in [0, 0.1) is 13.8 Å². The van der Waals surface area contributed by atoms with E-state index in [9.17, 15) is 24.6 Å². The highest BCUT2D eigenvalue weighted by Gasteiger charge is 2.35. The summed E-state index contributed by atoms with van der Waals surface area (Å²) in [7, 11) is 0. The lowest BCUT2D eigenvalue weighted by atomic mass is 9.84. The molecule has 0 saturated carbocycles. The monoisotopic (exact) mass is 640 g/mol. The van der Waals surface area contributed by atoms with Crippen LogP contribution in [0.2, 0.25) is 0 Å². The van der Waals surface area contributed by atoms with Crippen LogP contribution in [0.25, 0.3) is 33.2 Å². The fourth-order valence-electron chi connectivity index (χ4n) is 7.06. The summed E-state index contributed by atoms with van der Waals surface area (Å²) in [5.74, 6) is -3.03. The number of aromatic nitrogens is 4. The van der Waals surface area contributed by atoms with E-state index < -0.39 is 18.4 Å². The van der Waals surface area contributed by atoms with E-state index in [1.165, 1.54) is 5.56 Å². The number of rotatable bonds is 10. The van der Waals surface area contributed by atoms with Crippen molar-refractivity contribution in [2.45, 2.75) is 85.5 Å². The van der Waals surface area contributed by atoms with E-state index in [4.69, 9.17) is 15.7 Å². The number of hydrogen-bond acceptors (Lipinski definition) is 6. The number of aromatic amines is 2. The number of nitrogens with zero attached hydrogens (tertiary/aromatic N) is 2. The van der Waals surface area contributed by atoms with Crippen LogP contribution >= 0.6 is 0 Å². The number of carbonyl (C=O) groups excluding carboxylic acids is 1. The van der Waals surface area contributed by atoms with Crippen molar-refractivity contribution < 1.29 is 24.6 Å². The number of amides is 1.